The van der Waals surface area contributed by atoms with Crippen molar-refractivity contribution >= 4 is 39.2 Å². The largest absolute Gasteiger partial charge is 0.351 e. The number of benzene rings is 1. The summed E-state index contributed by atoms with van der Waals surface area (Å²) in [7, 11) is 0. The maximum Gasteiger partial charge on any atom is 0.270 e. The number of thiazole rings is 1. The van der Waals surface area contributed by atoms with E-state index in [4.69, 9.17) is 0 Å². The first kappa shape index (κ1) is 15.6. The zero-order valence-electron chi connectivity index (χ0n) is 13.6. The summed E-state index contributed by atoms with van der Waals surface area (Å²) in [5.41, 5.74) is 7.86. The molecule has 7 nitrogen and oxygen atoms in total. The normalized spacial score (nSPS) is 13.6. The summed E-state index contributed by atoms with van der Waals surface area (Å²) in [4.78, 5) is 34.3. The Balaban J connectivity index is 1.51. The molecule has 1 aliphatic rings. The molecule has 0 fully saturated rings. The summed E-state index contributed by atoms with van der Waals surface area (Å²) in [6.45, 7) is 2.59. The Hall–Kier alpha value is -2.87. The molecule has 0 bridgehead atoms. The van der Waals surface area contributed by atoms with E-state index in [0.717, 1.165) is 21.5 Å². The van der Waals surface area contributed by atoms with E-state index in [1.54, 1.807) is 0 Å². The molecule has 2 aromatic heterocycles. The second-order valence-corrected chi connectivity index (χ2v) is 7.03. The molecule has 0 saturated carbocycles. The number of aromatic amines is 1. The standard InChI is InChI=1S/C17H17N5O2S/c1-10(23)20-21-17-19-13-6-7-22(9-15(13)25-17)16(24)14-8-11-4-2-3-5-12(11)18-14/h2-5,8,18H,6-7,9H2,1H3,(H,19,21)(H,20,23). The molecule has 3 aromatic rings. The van der Waals surface area contributed by atoms with Crippen LogP contribution in [0, 0.1) is 0 Å². The molecule has 25 heavy (non-hydrogen) atoms. The van der Waals surface area contributed by atoms with Gasteiger partial charge in [-0.25, -0.2) is 4.98 Å². The van der Waals surface area contributed by atoms with Gasteiger partial charge in [0.05, 0.1) is 12.2 Å². The first-order valence-corrected chi connectivity index (χ1v) is 8.80. The second kappa shape index (κ2) is 6.21. The summed E-state index contributed by atoms with van der Waals surface area (Å²) < 4.78 is 0. The van der Waals surface area contributed by atoms with Crippen molar-refractivity contribution in [1.82, 2.24) is 20.3 Å². The fourth-order valence-electron chi connectivity index (χ4n) is 2.92. The van der Waals surface area contributed by atoms with Gasteiger partial charge in [0.25, 0.3) is 5.91 Å². The van der Waals surface area contributed by atoms with Gasteiger partial charge in [0.1, 0.15) is 5.69 Å². The molecule has 4 rings (SSSR count). The third-order valence-corrected chi connectivity index (χ3v) is 5.12. The highest BCUT2D eigenvalue weighted by atomic mass is 32.1. The lowest BCUT2D eigenvalue weighted by molar-refractivity contribution is -0.118. The van der Waals surface area contributed by atoms with Crippen LogP contribution in [0.2, 0.25) is 0 Å². The Kier molecular flexibility index (Phi) is 3.89. The molecule has 1 aliphatic heterocycles. The lowest BCUT2D eigenvalue weighted by atomic mass is 10.1. The quantitative estimate of drug-likeness (QED) is 0.629. The number of nitrogens with zero attached hydrogens (tertiary/aromatic N) is 2. The fourth-order valence-corrected chi connectivity index (χ4v) is 3.90. The number of amides is 2. The summed E-state index contributed by atoms with van der Waals surface area (Å²) >= 11 is 1.46. The van der Waals surface area contributed by atoms with E-state index >= 15 is 0 Å². The maximum atomic E-state index is 12.8. The molecule has 8 heteroatoms. The van der Waals surface area contributed by atoms with Crippen molar-refractivity contribution in [3.05, 3.63) is 46.6 Å². The minimum absolute atomic E-state index is 0.00776. The zero-order valence-corrected chi connectivity index (χ0v) is 14.4. The van der Waals surface area contributed by atoms with Crippen molar-refractivity contribution in [2.75, 3.05) is 12.0 Å². The molecule has 3 heterocycles. The molecular weight excluding hydrogens is 338 g/mol. The van der Waals surface area contributed by atoms with Crippen molar-refractivity contribution in [3.63, 3.8) is 0 Å². The number of para-hydroxylation sites is 1. The van der Waals surface area contributed by atoms with Gasteiger partial charge in [-0.05, 0) is 12.1 Å². The van der Waals surface area contributed by atoms with Crippen molar-refractivity contribution in [2.45, 2.75) is 19.9 Å². The van der Waals surface area contributed by atoms with Gasteiger partial charge in [0, 0.05) is 35.7 Å². The highest BCUT2D eigenvalue weighted by Gasteiger charge is 2.25. The molecule has 0 atom stereocenters. The van der Waals surface area contributed by atoms with Gasteiger partial charge in [-0.1, -0.05) is 29.5 Å². The Bertz CT molecular complexity index is 928. The van der Waals surface area contributed by atoms with E-state index in [0.29, 0.717) is 30.3 Å². The Labute approximate surface area is 148 Å². The van der Waals surface area contributed by atoms with Gasteiger partial charge in [-0.15, -0.1) is 0 Å². The summed E-state index contributed by atoms with van der Waals surface area (Å²) in [6.07, 6.45) is 0.708. The van der Waals surface area contributed by atoms with E-state index in [1.165, 1.54) is 18.3 Å². The minimum atomic E-state index is -0.177. The molecule has 128 valence electrons. The summed E-state index contributed by atoms with van der Waals surface area (Å²) in [6, 6.07) is 9.74. The first-order valence-electron chi connectivity index (χ1n) is 7.98. The Morgan fingerprint density at radius 3 is 2.96 bits per heavy atom. The predicted octanol–water partition coefficient (Wildman–Crippen LogP) is 2.29. The van der Waals surface area contributed by atoms with Gasteiger partial charge in [0.2, 0.25) is 11.0 Å². The van der Waals surface area contributed by atoms with Gasteiger partial charge in [-0.3, -0.25) is 20.4 Å². The van der Waals surface area contributed by atoms with Crippen LogP contribution in [0.1, 0.15) is 28.0 Å². The molecule has 3 N–H and O–H groups in total. The molecule has 0 spiro atoms. The molecule has 0 unspecified atom stereocenters. The first-order chi connectivity index (χ1) is 12.1. The van der Waals surface area contributed by atoms with Gasteiger partial charge >= 0.3 is 0 Å². The van der Waals surface area contributed by atoms with Crippen LogP contribution in [0.3, 0.4) is 0 Å². The van der Waals surface area contributed by atoms with Gasteiger partial charge in [-0.2, -0.15) is 0 Å². The van der Waals surface area contributed by atoms with Gasteiger partial charge in [0.15, 0.2) is 0 Å². The third-order valence-electron chi connectivity index (χ3n) is 4.12. The fraction of sp³-hybridized carbons (Fsp3) is 0.235. The lowest BCUT2D eigenvalue weighted by Gasteiger charge is -2.25. The SMILES string of the molecule is CC(=O)NNc1nc2c(s1)CN(C(=O)c1cc3ccccc3[nH]1)CC2. The number of carbonyl (C=O) groups excluding carboxylic acids is 2. The topological polar surface area (TPSA) is 90.1 Å². The van der Waals surface area contributed by atoms with Crippen molar-refractivity contribution < 1.29 is 9.59 Å². The number of anilines is 1. The number of aromatic nitrogens is 2. The van der Waals surface area contributed by atoms with E-state index in [9.17, 15) is 9.59 Å². The Morgan fingerprint density at radius 2 is 2.16 bits per heavy atom. The van der Waals surface area contributed by atoms with Crippen molar-refractivity contribution in [3.8, 4) is 0 Å². The zero-order chi connectivity index (χ0) is 17.4. The molecular formula is C17H17N5O2S. The minimum Gasteiger partial charge on any atom is -0.351 e. The maximum absolute atomic E-state index is 12.8. The number of fused-ring (bicyclic) bond motifs is 2. The van der Waals surface area contributed by atoms with Crippen LogP contribution in [0.15, 0.2) is 30.3 Å². The summed E-state index contributed by atoms with van der Waals surface area (Å²) in [5, 5.41) is 1.67. The molecule has 1 aromatic carbocycles. The van der Waals surface area contributed by atoms with Crippen molar-refractivity contribution in [1.29, 1.82) is 0 Å². The van der Waals surface area contributed by atoms with Crippen molar-refractivity contribution in [2.24, 2.45) is 0 Å². The predicted molar refractivity (Wildman–Crippen MR) is 96.3 cm³/mol. The number of hydrazine groups is 1. The van der Waals surface area contributed by atoms with E-state index in [2.05, 4.69) is 20.8 Å². The number of hydrogen-bond donors (Lipinski definition) is 3. The van der Waals surface area contributed by atoms with Crippen LogP contribution in [0.25, 0.3) is 10.9 Å². The van der Waals surface area contributed by atoms with E-state index < -0.39 is 0 Å². The van der Waals surface area contributed by atoms with E-state index in [1.807, 2.05) is 35.2 Å². The number of nitrogens with one attached hydrogen (secondary N) is 3. The second-order valence-electron chi connectivity index (χ2n) is 5.94. The van der Waals surface area contributed by atoms with Crippen LogP contribution in [0.4, 0.5) is 5.13 Å². The number of carbonyl (C=O) groups is 2. The third kappa shape index (κ3) is 3.08. The number of H-pyrrole nitrogens is 1. The average Bonchev–Trinajstić information content (AvgIpc) is 3.22. The van der Waals surface area contributed by atoms with Crippen LogP contribution in [0.5, 0.6) is 0 Å². The lowest BCUT2D eigenvalue weighted by Crippen LogP contribution is -2.35. The molecule has 0 aliphatic carbocycles. The average molecular weight is 355 g/mol. The van der Waals surface area contributed by atoms with Crippen LogP contribution >= 0.6 is 11.3 Å². The molecule has 0 saturated heterocycles. The van der Waals surface area contributed by atoms with Gasteiger partial charge < -0.3 is 9.88 Å². The van der Waals surface area contributed by atoms with Crippen LogP contribution in [-0.2, 0) is 17.8 Å². The highest BCUT2D eigenvalue weighted by molar-refractivity contribution is 7.15. The van der Waals surface area contributed by atoms with E-state index in [-0.39, 0.29) is 11.8 Å². The monoisotopic (exact) mass is 355 g/mol. The molecule has 2 amide bonds. The van der Waals surface area contributed by atoms with Crippen LogP contribution < -0.4 is 10.9 Å². The Morgan fingerprint density at radius 1 is 1.32 bits per heavy atom. The number of hydrogen-bond acceptors (Lipinski definition) is 5. The number of rotatable bonds is 3. The smallest absolute Gasteiger partial charge is 0.270 e. The summed E-state index contributed by atoms with van der Waals surface area (Å²) in [5.74, 6) is -0.185. The highest BCUT2D eigenvalue weighted by Crippen LogP contribution is 2.29. The van der Waals surface area contributed by atoms with Crippen LogP contribution in [-0.4, -0.2) is 33.2 Å². The molecule has 0 radical (unpaired) electrons.